The zero-order valence-corrected chi connectivity index (χ0v) is 7.91. The predicted molar refractivity (Wildman–Crippen MR) is 50.4 cm³/mol. The first kappa shape index (κ1) is 8.18. The van der Waals surface area contributed by atoms with Crippen LogP contribution in [0.5, 0.6) is 0 Å². The van der Waals surface area contributed by atoms with E-state index < -0.39 is 4.92 Å². The van der Waals surface area contributed by atoms with Gasteiger partial charge in [-0.25, -0.2) is 4.98 Å². The molecule has 0 saturated heterocycles. The van der Waals surface area contributed by atoms with Crippen molar-refractivity contribution in [3.63, 3.8) is 0 Å². The second kappa shape index (κ2) is 2.81. The van der Waals surface area contributed by atoms with Crippen molar-refractivity contribution < 1.29 is 4.92 Å². The number of halogens is 1. The lowest BCUT2D eigenvalue weighted by atomic mass is 10.3. The number of fused-ring (bicyclic) bond motifs is 1. The molecule has 6 heteroatoms. The van der Waals surface area contributed by atoms with Gasteiger partial charge in [-0.2, -0.15) is 0 Å². The Morgan fingerprint density at radius 2 is 2.38 bits per heavy atom. The van der Waals surface area contributed by atoms with Crippen LogP contribution in [0.1, 0.15) is 0 Å². The molecule has 2 heterocycles. The molecule has 0 aromatic carbocycles. The van der Waals surface area contributed by atoms with Gasteiger partial charge in [0.1, 0.15) is 4.60 Å². The summed E-state index contributed by atoms with van der Waals surface area (Å²) in [7, 11) is 0. The smallest absolute Gasteiger partial charge is 0.296 e. The Labute approximate surface area is 81.1 Å². The highest BCUT2D eigenvalue weighted by Crippen LogP contribution is 2.25. The van der Waals surface area contributed by atoms with Gasteiger partial charge in [-0.1, -0.05) is 0 Å². The first-order chi connectivity index (χ1) is 6.18. The summed E-state index contributed by atoms with van der Waals surface area (Å²) in [6.45, 7) is 0. The number of rotatable bonds is 1. The van der Waals surface area contributed by atoms with Gasteiger partial charge < -0.3 is 4.98 Å². The van der Waals surface area contributed by atoms with Gasteiger partial charge in [0.2, 0.25) is 0 Å². The van der Waals surface area contributed by atoms with Crippen LogP contribution >= 0.6 is 15.9 Å². The first-order valence-electron chi connectivity index (χ1n) is 3.45. The van der Waals surface area contributed by atoms with E-state index in [-0.39, 0.29) is 5.69 Å². The summed E-state index contributed by atoms with van der Waals surface area (Å²) in [5, 5.41) is 11.0. The van der Waals surface area contributed by atoms with E-state index in [0.717, 1.165) is 0 Å². The minimum Gasteiger partial charge on any atom is -0.355 e. The van der Waals surface area contributed by atoms with Gasteiger partial charge in [0.25, 0.3) is 5.69 Å². The van der Waals surface area contributed by atoms with Crippen LogP contribution in [0.3, 0.4) is 0 Å². The van der Waals surface area contributed by atoms with Crippen LogP contribution in [0.2, 0.25) is 0 Å². The summed E-state index contributed by atoms with van der Waals surface area (Å²) < 4.78 is 0.650. The molecule has 0 saturated carbocycles. The highest BCUT2D eigenvalue weighted by atomic mass is 79.9. The van der Waals surface area contributed by atoms with Gasteiger partial charge in [0.15, 0.2) is 0 Å². The largest absolute Gasteiger partial charge is 0.355 e. The minimum atomic E-state index is -0.436. The number of nitrogens with one attached hydrogen (secondary N) is 1. The van der Waals surface area contributed by atoms with Gasteiger partial charge in [0, 0.05) is 6.20 Å². The van der Waals surface area contributed by atoms with E-state index in [0.29, 0.717) is 15.5 Å². The normalized spacial score (nSPS) is 10.5. The highest BCUT2D eigenvalue weighted by Gasteiger charge is 2.13. The average Bonchev–Trinajstić information content (AvgIpc) is 2.46. The fourth-order valence-corrected chi connectivity index (χ4v) is 1.46. The van der Waals surface area contributed by atoms with Crippen molar-refractivity contribution in [2.75, 3.05) is 0 Å². The fourth-order valence-electron chi connectivity index (χ4n) is 1.13. The molecule has 5 nitrogen and oxygen atoms in total. The van der Waals surface area contributed by atoms with Crippen LogP contribution in [0.25, 0.3) is 10.9 Å². The molecule has 2 aromatic rings. The van der Waals surface area contributed by atoms with Crippen LogP contribution in [-0.2, 0) is 0 Å². The third-order valence-corrected chi connectivity index (χ3v) is 2.14. The molecule has 0 amide bonds. The van der Waals surface area contributed by atoms with Crippen molar-refractivity contribution in [2.45, 2.75) is 0 Å². The topological polar surface area (TPSA) is 71.8 Å². The third-order valence-electron chi connectivity index (χ3n) is 1.71. The standard InChI is InChI=1S/C7H4BrN3O2/c8-7-1-5-4(2-10-7)6(3-9-5)11(12)13/h1-3,9H. The van der Waals surface area contributed by atoms with E-state index in [2.05, 4.69) is 25.9 Å². The molecule has 0 radical (unpaired) electrons. The van der Waals surface area contributed by atoms with E-state index in [1.54, 1.807) is 6.07 Å². The Bertz CT molecular complexity index is 480. The minimum absolute atomic E-state index is 0.0509. The lowest BCUT2D eigenvalue weighted by Crippen LogP contribution is -1.85. The molecule has 0 fully saturated rings. The maximum atomic E-state index is 10.5. The Hall–Kier alpha value is -1.43. The molecule has 0 aliphatic carbocycles. The second-order valence-electron chi connectivity index (χ2n) is 2.48. The van der Waals surface area contributed by atoms with E-state index in [9.17, 15) is 10.1 Å². The number of hydrogen-bond acceptors (Lipinski definition) is 3. The third kappa shape index (κ3) is 1.29. The molecule has 0 bridgehead atoms. The second-order valence-corrected chi connectivity index (χ2v) is 3.30. The maximum absolute atomic E-state index is 10.5. The molecule has 0 unspecified atom stereocenters. The quantitative estimate of drug-likeness (QED) is 0.473. The number of nitro groups is 1. The number of nitrogens with zero attached hydrogens (tertiary/aromatic N) is 2. The van der Waals surface area contributed by atoms with Crippen LogP contribution in [0.15, 0.2) is 23.1 Å². The number of aromatic amines is 1. The highest BCUT2D eigenvalue weighted by molar-refractivity contribution is 9.10. The van der Waals surface area contributed by atoms with Crippen LogP contribution in [0.4, 0.5) is 5.69 Å². The molecule has 2 rings (SSSR count). The lowest BCUT2D eigenvalue weighted by molar-refractivity contribution is -0.383. The summed E-state index contributed by atoms with van der Waals surface area (Å²) >= 11 is 3.18. The number of H-pyrrole nitrogens is 1. The first-order valence-corrected chi connectivity index (χ1v) is 4.25. The van der Waals surface area contributed by atoms with Crippen LogP contribution in [-0.4, -0.2) is 14.9 Å². The van der Waals surface area contributed by atoms with Crippen LogP contribution < -0.4 is 0 Å². The summed E-state index contributed by atoms with van der Waals surface area (Å²) in [6.07, 6.45) is 2.83. The lowest BCUT2D eigenvalue weighted by Gasteiger charge is -1.89. The van der Waals surface area contributed by atoms with Crippen molar-refractivity contribution in [1.29, 1.82) is 0 Å². The Kier molecular flexibility index (Phi) is 1.77. The molecular weight excluding hydrogens is 238 g/mol. The van der Waals surface area contributed by atoms with Gasteiger partial charge in [-0.3, -0.25) is 10.1 Å². The van der Waals surface area contributed by atoms with Gasteiger partial charge in [0.05, 0.1) is 22.0 Å². The van der Waals surface area contributed by atoms with Crippen molar-refractivity contribution >= 4 is 32.5 Å². The molecule has 1 N–H and O–H groups in total. The van der Waals surface area contributed by atoms with Crippen LogP contribution in [0, 0.1) is 10.1 Å². The van der Waals surface area contributed by atoms with E-state index in [1.807, 2.05) is 0 Å². The van der Waals surface area contributed by atoms with Gasteiger partial charge >= 0.3 is 0 Å². The fraction of sp³-hybridized carbons (Fsp3) is 0. The molecule has 0 atom stereocenters. The van der Waals surface area contributed by atoms with E-state index in [1.165, 1.54) is 12.4 Å². The zero-order valence-electron chi connectivity index (χ0n) is 6.32. The van der Waals surface area contributed by atoms with Crippen molar-refractivity contribution in [3.05, 3.63) is 33.2 Å². The van der Waals surface area contributed by atoms with E-state index >= 15 is 0 Å². The van der Waals surface area contributed by atoms with E-state index in [4.69, 9.17) is 0 Å². The summed E-state index contributed by atoms with van der Waals surface area (Å²) in [4.78, 5) is 16.8. The zero-order chi connectivity index (χ0) is 9.42. The summed E-state index contributed by atoms with van der Waals surface area (Å²) in [5.41, 5.74) is 0.753. The predicted octanol–water partition coefficient (Wildman–Crippen LogP) is 2.23. The number of hydrogen-bond donors (Lipinski definition) is 1. The molecule has 2 aromatic heterocycles. The van der Waals surface area contributed by atoms with Crippen molar-refractivity contribution in [3.8, 4) is 0 Å². The Morgan fingerprint density at radius 1 is 1.62 bits per heavy atom. The Morgan fingerprint density at radius 3 is 3.08 bits per heavy atom. The van der Waals surface area contributed by atoms with Gasteiger partial charge in [-0.15, -0.1) is 0 Å². The SMILES string of the molecule is O=[N+]([O-])c1c[nH]c2cc(Br)ncc12. The average molecular weight is 242 g/mol. The monoisotopic (exact) mass is 241 g/mol. The summed E-state index contributed by atoms with van der Waals surface area (Å²) in [5.74, 6) is 0. The molecule has 0 aliphatic heterocycles. The molecule has 0 aliphatic rings. The van der Waals surface area contributed by atoms with Gasteiger partial charge in [-0.05, 0) is 22.0 Å². The van der Waals surface area contributed by atoms with Crippen molar-refractivity contribution in [2.24, 2.45) is 0 Å². The number of pyridine rings is 1. The molecule has 13 heavy (non-hydrogen) atoms. The summed E-state index contributed by atoms with van der Waals surface area (Å²) in [6, 6.07) is 1.70. The van der Waals surface area contributed by atoms with Crippen molar-refractivity contribution in [1.82, 2.24) is 9.97 Å². The maximum Gasteiger partial charge on any atom is 0.296 e. The molecule has 66 valence electrons. The Balaban J connectivity index is 2.76. The number of aromatic nitrogens is 2. The molecular formula is C7H4BrN3O2. The molecule has 0 spiro atoms.